The van der Waals surface area contributed by atoms with E-state index in [9.17, 15) is 4.79 Å². The summed E-state index contributed by atoms with van der Waals surface area (Å²) in [4.78, 5) is 19.6. The quantitative estimate of drug-likeness (QED) is 0.361. The Labute approximate surface area is 148 Å². The van der Waals surface area contributed by atoms with E-state index in [0.717, 1.165) is 40.7 Å². The topological polar surface area (TPSA) is 69.9 Å². The molecule has 0 bridgehead atoms. The Hall–Kier alpha value is -1.99. The van der Waals surface area contributed by atoms with Gasteiger partial charge in [0.2, 0.25) is 5.28 Å². The number of ether oxygens (including phenoxy) is 1. The molecule has 0 aliphatic heterocycles. The summed E-state index contributed by atoms with van der Waals surface area (Å²) in [5.41, 5.74) is 2.86. The Bertz CT molecular complexity index is 846. The number of carbonyl (C=O) groups excluding carboxylic acids is 1. The van der Waals surface area contributed by atoms with E-state index in [2.05, 4.69) is 15.1 Å². The minimum atomic E-state index is -0.139. The number of hydrogen-bond donors (Lipinski definition) is 0. The van der Waals surface area contributed by atoms with E-state index >= 15 is 0 Å². The highest BCUT2D eigenvalue weighted by Gasteiger charge is 2.11. The zero-order valence-electron chi connectivity index (χ0n) is 13.2. The van der Waals surface area contributed by atoms with Crippen LogP contribution in [0.15, 0.2) is 24.0 Å². The van der Waals surface area contributed by atoms with Crippen molar-refractivity contribution in [3.63, 3.8) is 0 Å². The molecule has 0 saturated heterocycles. The van der Waals surface area contributed by atoms with Crippen LogP contribution in [0.4, 0.5) is 0 Å². The van der Waals surface area contributed by atoms with Crippen LogP contribution in [-0.4, -0.2) is 32.3 Å². The van der Waals surface area contributed by atoms with Gasteiger partial charge in [0.15, 0.2) is 0 Å². The number of unbranched alkanes of at least 4 members (excludes halogenated alkanes) is 1. The van der Waals surface area contributed by atoms with Gasteiger partial charge >= 0.3 is 5.97 Å². The lowest BCUT2D eigenvalue weighted by molar-refractivity contribution is -0.143. The van der Waals surface area contributed by atoms with Crippen LogP contribution in [-0.2, 0) is 16.1 Å². The molecule has 3 rings (SSSR count). The Morgan fingerprint density at radius 3 is 3.08 bits per heavy atom. The number of carbonyl (C=O) groups is 1. The highest BCUT2D eigenvalue weighted by atomic mass is 35.5. The molecule has 0 radical (unpaired) electrons. The van der Waals surface area contributed by atoms with Gasteiger partial charge in [0.25, 0.3) is 0 Å². The summed E-state index contributed by atoms with van der Waals surface area (Å²) in [5, 5.41) is 6.67. The molecule has 0 fully saturated rings. The molecule has 0 aromatic carbocycles. The lowest BCUT2D eigenvalue weighted by Crippen LogP contribution is -2.05. The molecular weight excluding hydrogens is 348 g/mol. The number of aromatic nitrogens is 4. The first kappa shape index (κ1) is 16.9. The summed E-state index contributed by atoms with van der Waals surface area (Å²) >= 11 is 7.48. The Morgan fingerprint density at radius 1 is 1.38 bits per heavy atom. The molecule has 6 nitrogen and oxygen atoms in total. The molecule has 0 spiro atoms. The van der Waals surface area contributed by atoms with Crippen LogP contribution in [0.1, 0.15) is 26.2 Å². The summed E-state index contributed by atoms with van der Waals surface area (Å²) in [6, 6.07) is 0. The Kier molecular flexibility index (Phi) is 5.42. The molecule has 0 aliphatic rings. The van der Waals surface area contributed by atoms with Crippen molar-refractivity contribution in [2.45, 2.75) is 32.7 Å². The van der Waals surface area contributed by atoms with E-state index in [4.69, 9.17) is 16.3 Å². The number of halogens is 1. The Balaban J connectivity index is 1.63. The molecular formula is C16H17ClN4O2S. The van der Waals surface area contributed by atoms with Crippen LogP contribution < -0.4 is 0 Å². The van der Waals surface area contributed by atoms with Crippen molar-refractivity contribution in [3.05, 3.63) is 29.3 Å². The number of rotatable bonds is 7. The van der Waals surface area contributed by atoms with Crippen molar-refractivity contribution < 1.29 is 9.53 Å². The molecule has 3 aromatic rings. The van der Waals surface area contributed by atoms with Crippen molar-refractivity contribution in [3.8, 4) is 11.1 Å². The van der Waals surface area contributed by atoms with Crippen molar-refractivity contribution in [2.24, 2.45) is 0 Å². The highest BCUT2D eigenvalue weighted by molar-refractivity contribution is 7.17. The van der Waals surface area contributed by atoms with Gasteiger partial charge in [-0.05, 0) is 31.4 Å². The minimum Gasteiger partial charge on any atom is -0.466 e. The fraction of sp³-hybridized carbons (Fsp3) is 0.375. The van der Waals surface area contributed by atoms with Gasteiger partial charge in [-0.1, -0.05) is 0 Å². The van der Waals surface area contributed by atoms with Gasteiger partial charge in [-0.15, -0.1) is 11.3 Å². The van der Waals surface area contributed by atoms with Crippen LogP contribution in [0.5, 0.6) is 0 Å². The maximum absolute atomic E-state index is 11.3. The number of fused-ring (bicyclic) bond motifs is 1. The van der Waals surface area contributed by atoms with Gasteiger partial charge in [0, 0.05) is 41.9 Å². The van der Waals surface area contributed by atoms with Crippen LogP contribution >= 0.6 is 22.9 Å². The van der Waals surface area contributed by atoms with Gasteiger partial charge in [-0.2, -0.15) is 5.10 Å². The smallest absolute Gasteiger partial charge is 0.305 e. The highest BCUT2D eigenvalue weighted by Crippen LogP contribution is 2.32. The predicted molar refractivity (Wildman–Crippen MR) is 94.1 cm³/mol. The van der Waals surface area contributed by atoms with Gasteiger partial charge < -0.3 is 4.74 Å². The fourth-order valence-corrected chi connectivity index (χ4v) is 3.42. The second-order valence-corrected chi connectivity index (χ2v) is 6.50. The molecule has 0 unspecified atom stereocenters. The first-order valence-electron chi connectivity index (χ1n) is 7.75. The molecule has 8 heteroatoms. The lowest BCUT2D eigenvalue weighted by atomic mass is 10.2. The van der Waals surface area contributed by atoms with E-state index in [1.165, 1.54) is 0 Å². The summed E-state index contributed by atoms with van der Waals surface area (Å²) in [7, 11) is 0. The van der Waals surface area contributed by atoms with E-state index < -0.39 is 0 Å². The lowest BCUT2D eigenvalue weighted by Gasteiger charge is -2.02. The monoisotopic (exact) mass is 364 g/mol. The second kappa shape index (κ2) is 7.72. The van der Waals surface area contributed by atoms with Crippen molar-refractivity contribution in [2.75, 3.05) is 6.61 Å². The van der Waals surface area contributed by atoms with E-state index in [1.807, 2.05) is 29.4 Å². The number of thiophene rings is 1. The van der Waals surface area contributed by atoms with E-state index in [0.29, 0.717) is 13.0 Å². The number of esters is 1. The number of nitrogens with zero attached hydrogens (tertiary/aromatic N) is 4. The average Bonchev–Trinajstić information content (AvgIpc) is 3.18. The molecule has 0 atom stereocenters. The molecule has 3 heterocycles. The maximum Gasteiger partial charge on any atom is 0.305 e. The normalized spacial score (nSPS) is 11.1. The second-order valence-electron chi connectivity index (χ2n) is 5.26. The molecule has 126 valence electrons. The Morgan fingerprint density at radius 2 is 2.25 bits per heavy atom. The molecule has 24 heavy (non-hydrogen) atoms. The average molecular weight is 365 g/mol. The zero-order chi connectivity index (χ0) is 16.9. The van der Waals surface area contributed by atoms with Crippen molar-refractivity contribution >= 4 is 39.1 Å². The first-order valence-corrected chi connectivity index (χ1v) is 9.01. The maximum atomic E-state index is 11.3. The third-order valence-electron chi connectivity index (χ3n) is 3.55. The van der Waals surface area contributed by atoms with Crippen LogP contribution in [0.3, 0.4) is 0 Å². The van der Waals surface area contributed by atoms with Crippen molar-refractivity contribution in [1.29, 1.82) is 0 Å². The SMILES string of the molecule is CCOC(=O)CCCCn1cc(-c2csc3cnc(Cl)nc23)cn1. The molecule has 0 amide bonds. The van der Waals surface area contributed by atoms with Crippen molar-refractivity contribution in [1.82, 2.24) is 19.7 Å². The first-order chi connectivity index (χ1) is 11.7. The molecule has 0 saturated carbocycles. The van der Waals surface area contributed by atoms with Crippen LogP contribution in [0, 0.1) is 0 Å². The van der Waals surface area contributed by atoms with E-state index in [-0.39, 0.29) is 11.3 Å². The molecule has 0 aliphatic carbocycles. The predicted octanol–water partition coefficient (Wildman–Crippen LogP) is 3.94. The van der Waals surface area contributed by atoms with Crippen LogP contribution in [0.2, 0.25) is 5.28 Å². The summed E-state index contributed by atoms with van der Waals surface area (Å²) in [6.45, 7) is 3.01. The molecule has 0 N–H and O–H groups in total. The fourth-order valence-electron chi connectivity index (χ4n) is 2.41. The zero-order valence-corrected chi connectivity index (χ0v) is 14.8. The van der Waals surface area contributed by atoms with Gasteiger partial charge in [-0.3, -0.25) is 9.48 Å². The van der Waals surface area contributed by atoms with E-state index in [1.54, 1.807) is 17.5 Å². The van der Waals surface area contributed by atoms with Gasteiger partial charge in [-0.25, -0.2) is 9.97 Å². The van der Waals surface area contributed by atoms with Gasteiger partial charge in [0.1, 0.15) is 0 Å². The summed E-state index contributed by atoms with van der Waals surface area (Å²) in [6.07, 6.45) is 7.66. The van der Waals surface area contributed by atoms with Gasteiger partial charge in [0.05, 0.1) is 23.0 Å². The summed E-state index contributed by atoms with van der Waals surface area (Å²) < 4.78 is 7.79. The standard InChI is InChI=1S/C16H17ClN4O2S/c1-2-23-14(22)5-3-4-6-21-9-11(7-19-21)12-10-24-13-8-18-16(17)20-15(12)13/h7-10H,2-6H2,1H3. The third kappa shape index (κ3) is 3.91. The summed E-state index contributed by atoms with van der Waals surface area (Å²) in [5.74, 6) is -0.139. The third-order valence-corrected chi connectivity index (χ3v) is 4.64. The molecule has 3 aromatic heterocycles. The number of hydrogen-bond acceptors (Lipinski definition) is 6. The van der Waals surface area contributed by atoms with Crippen LogP contribution in [0.25, 0.3) is 21.3 Å². The number of aryl methyl sites for hydroxylation is 1. The minimum absolute atomic E-state index is 0.139. The largest absolute Gasteiger partial charge is 0.466 e.